The van der Waals surface area contributed by atoms with Gasteiger partial charge < -0.3 is 15.0 Å². The number of hydrogen-bond acceptors (Lipinski definition) is 3. The molecule has 0 fully saturated rings. The van der Waals surface area contributed by atoms with Crippen molar-refractivity contribution in [2.75, 3.05) is 24.7 Å². The number of hydrogen-bond donors (Lipinski definition) is 1. The third-order valence-electron chi connectivity index (χ3n) is 6.24. The van der Waals surface area contributed by atoms with E-state index in [0.717, 1.165) is 30.7 Å². The molecule has 1 heterocycles. The highest BCUT2D eigenvalue weighted by atomic mass is 28.3. The van der Waals surface area contributed by atoms with Crippen molar-refractivity contribution in [2.45, 2.75) is 71.6 Å². The first-order valence-electron chi connectivity index (χ1n) is 10.7. The molecule has 2 atom stereocenters. The van der Waals surface area contributed by atoms with Crippen LogP contribution in [0.5, 0.6) is 0 Å². The molecular formula is C23H37N2O3Si+. The van der Waals surface area contributed by atoms with Gasteiger partial charge in [-0.1, -0.05) is 13.8 Å². The van der Waals surface area contributed by atoms with Crippen molar-refractivity contribution in [3.63, 3.8) is 0 Å². The second kappa shape index (κ2) is 9.89. The third kappa shape index (κ3) is 5.69. The Hall–Kier alpha value is -1.66. The van der Waals surface area contributed by atoms with Gasteiger partial charge in [-0.15, -0.1) is 0 Å². The van der Waals surface area contributed by atoms with E-state index >= 15 is 0 Å². The molecule has 1 aromatic rings. The predicted molar refractivity (Wildman–Crippen MR) is 121 cm³/mol. The van der Waals surface area contributed by atoms with Crippen LogP contribution in [-0.4, -0.2) is 46.4 Å². The fraction of sp³-hybridized carbons (Fsp3) is 0.652. The molecular weight excluding hydrogens is 380 g/mol. The summed E-state index contributed by atoms with van der Waals surface area (Å²) in [4.78, 5) is 26.7. The Balaban J connectivity index is 1.98. The van der Waals surface area contributed by atoms with Crippen LogP contribution in [0.4, 0.5) is 5.69 Å². The topological polar surface area (TPSA) is 58.6 Å². The van der Waals surface area contributed by atoms with Gasteiger partial charge in [0.05, 0.1) is 26.3 Å². The van der Waals surface area contributed by atoms with Crippen LogP contribution in [0.25, 0.3) is 0 Å². The maximum atomic E-state index is 12.6. The molecule has 1 aliphatic rings. The lowest BCUT2D eigenvalue weighted by atomic mass is 9.84. The molecule has 29 heavy (non-hydrogen) atoms. The van der Waals surface area contributed by atoms with Crippen molar-refractivity contribution >= 4 is 26.3 Å². The van der Waals surface area contributed by atoms with Crippen molar-refractivity contribution < 1.29 is 14.3 Å². The highest BCUT2D eigenvalue weighted by molar-refractivity contribution is 6.59. The normalized spacial score (nSPS) is 18.9. The molecule has 1 aromatic carbocycles. The van der Waals surface area contributed by atoms with E-state index in [4.69, 9.17) is 4.74 Å². The zero-order chi connectivity index (χ0) is 21.8. The first-order valence-corrected chi connectivity index (χ1v) is 13.2. The zero-order valence-electron chi connectivity index (χ0n) is 19.1. The van der Waals surface area contributed by atoms with Crippen molar-refractivity contribution in [1.29, 1.82) is 0 Å². The molecule has 1 aliphatic heterocycles. The van der Waals surface area contributed by atoms with Crippen molar-refractivity contribution in [3.8, 4) is 0 Å². The van der Waals surface area contributed by atoms with Crippen LogP contribution in [0.3, 0.4) is 0 Å². The molecule has 5 nitrogen and oxygen atoms in total. The summed E-state index contributed by atoms with van der Waals surface area (Å²) < 4.78 is 5.78. The summed E-state index contributed by atoms with van der Waals surface area (Å²) in [6, 6.07) is 5.90. The number of benzene rings is 1. The van der Waals surface area contributed by atoms with Crippen LogP contribution in [0.2, 0.25) is 18.1 Å². The van der Waals surface area contributed by atoms with Gasteiger partial charge in [-0.3, -0.25) is 9.59 Å². The second-order valence-electron chi connectivity index (χ2n) is 9.08. The van der Waals surface area contributed by atoms with Gasteiger partial charge in [-0.05, 0) is 56.4 Å². The van der Waals surface area contributed by atoms with Gasteiger partial charge >= 0.3 is 8.80 Å². The molecule has 0 bridgehead atoms. The summed E-state index contributed by atoms with van der Waals surface area (Å²) in [5.41, 5.74) is 2.66. The lowest BCUT2D eigenvalue weighted by molar-refractivity contribution is -0.117. The average molecular weight is 418 g/mol. The number of anilines is 1. The highest BCUT2D eigenvalue weighted by Gasteiger charge is 2.36. The Kier molecular flexibility index (Phi) is 8.06. The Bertz CT molecular complexity index is 733. The Morgan fingerprint density at radius 3 is 2.59 bits per heavy atom. The summed E-state index contributed by atoms with van der Waals surface area (Å²) in [7, 11) is -0.426. The minimum absolute atomic E-state index is 0.0607. The number of amides is 2. The average Bonchev–Trinajstić information content (AvgIpc) is 2.65. The molecule has 160 valence electrons. The van der Waals surface area contributed by atoms with Crippen LogP contribution in [0.15, 0.2) is 18.2 Å². The largest absolute Gasteiger partial charge is 0.376 e. The van der Waals surface area contributed by atoms with Crippen LogP contribution in [-0.2, 0) is 16.0 Å². The van der Waals surface area contributed by atoms with E-state index < -0.39 is 8.80 Å². The minimum Gasteiger partial charge on any atom is -0.376 e. The zero-order valence-corrected chi connectivity index (χ0v) is 20.1. The predicted octanol–water partition coefficient (Wildman–Crippen LogP) is 4.29. The van der Waals surface area contributed by atoms with Crippen molar-refractivity contribution in [1.82, 2.24) is 5.32 Å². The van der Waals surface area contributed by atoms with E-state index in [-0.39, 0.29) is 22.9 Å². The van der Waals surface area contributed by atoms with Crippen LogP contribution >= 0.6 is 0 Å². The van der Waals surface area contributed by atoms with Gasteiger partial charge in [-0.25, -0.2) is 0 Å². The summed E-state index contributed by atoms with van der Waals surface area (Å²) in [5, 5.41) is 3.18. The van der Waals surface area contributed by atoms with Crippen LogP contribution < -0.4 is 10.2 Å². The van der Waals surface area contributed by atoms with Crippen molar-refractivity contribution in [2.24, 2.45) is 5.92 Å². The Morgan fingerprint density at radius 1 is 1.31 bits per heavy atom. The van der Waals surface area contributed by atoms with E-state index in [0.29, 0.717) is 24.6 Å². The maximum Gasteiger partial charge on any atom is 0.316 e. The SMILES string of the molecule is CC[C@H]1[C@H](C)Cc2cc(C(=O)NCCOCC(C)(C)[Si+](C)C)ccc2N1C(C)=O. The highest BCUT2D eigenvalue weighted by Crippen LogP contribution is 2.36. The van der Waals surface area contributed by atoms with E-state index in [9.17, 15) is 9.59 Å². The molecule has 0 aromatic heterocycles. The van der Waals surface area contributed by atoms with Crippen LogP contribution in [0, 0.1) is 5.92 Å². The fourth-order valence-electron chi connectivity index (χ4n) is 3.84. The van der Waals surface area contributed by atoms with E-state index in [1.54, 1.807) is 6.92 Å². The molecule has 0 radical (unpaired) electrons. The van der Waals surface area contributed by atoms with Gasteiger partial charge in [0.1, 0.15) is 5.04 Å². The Labute approximate surface area is 177 Å². The molecule has 0 unspecified atom stereocenters. The number of carbonyl (C=O) groups excluding carboxylic acids is 2. The summed E-state index contributed by atoms with van der Waals surface area (Å²) in [6.07, 6.45) is 1.81. The third-order valence-corrected chi connectivity index (χ3v) is 9.09. The summed E-state index contributed by atoms with van der Waals surface area (Å²) in [5.74, 6) is 0.339. The molecule has 0 aliphatic carbocycles. The molecule has 0 saturated heterocycles. The monoisotopic (exact) mass is 417 g/mol. The standard InChI is InChI=1S/C23H36N2O3Si/c1-8-20-16(2)13-19-14-18(9-10-21(19)25(20)17(3)26)22(27)24-11-12-28-15-23(4,5)29(6)7/h9-10,14,16,20H,8,11-13,15H2,1-7H3/p+1/t16-,20+/m1/s1. The first kappa shape index (κ1) is 23.6. The molecule has 6 heteroatoms. The van der Waals surface area contributed by atoms with Gasteiger partial charge in [0.15, 0.2) is 0 Å². The molecule has 1 N–H and O–H groups in total. The van der Waals surface area contributed by atoms with Gasteiger partial charge in [-0.2, -0.15) is 0 Å². The van der Waals surface area contributed by atoms with Gasteiger partial charge in [0, 0.05) is 30.8 Å². The van der Waals surface area contributed by atoms with E-state index in [1.807, 2.05) is 23.1 Å². The molecule has 0 saturated carbocycles. The van der Waals surface area contributed by atoms with Crippen LogP contribution in [0.1, 0.15) is 57.0 Å². The van der Waals surface area contributed by atoms with Crippen molar-refractivity contribution in [3.05, 3.63) is 29.3 Å². The Morgan fingerprint density at radius 2 is 2.00 bits per heavy atom. The summed E-state index contributed by atoms with van der Waals surface area (Å²) >= 11 is 0. The summed E-state index contributed by atoms with van der Waals surface area (Å²) in [6.45, 7) is 16.7. The minimum atomic E-state index is -0.426. The first-order chi connectivity index (χ1) is 13.6. The maximum absolute atomic E-state index is 12.6. The number of rotatable bonds is 8. The molecule has 2 rings (SSSR count). The van der Waals surface area contributed by atoms with E-state index in [1.165, 1.54) is 0 Å². The van der Waals surface area contributed by atoms with E-state index in [2.05, 4.69) is 46.1 Å². The smallest absolute Gasteiger partial charge is 0.316 e. The number of ether oxygens (including phenoxy) is 1. The number of nitrogens with one attached hydrogen (secondary N) is 1. The second-order valence-corrected chi connectivity index (χ2v) is 12.4. The molecule has 0 spiro atoms. The lowest BCUT2D eigenvalue weighted by Crippen LogP contribution is -2.46. The quantitative estimate of drug-likeness (QED) is 0.507. The number of nitrogens with zero attached hydrogens (tertiary/aromatic N) is 1. The number of fused-ring (bicyclic) bond motifs is 1. The fourth-order valence-corrected chi connectivity index (χ4v) is 4.23. The van der Waals surface area contributed by atoms with Gasteiger partial charge in [0.25, 0.3) is 5.91 Å². The van der Waals surface area contributed by atoms with Gasteiger partial charge in [0.2, 0.25) is 5.91 Å². The number of carbonyl (C=O) groups is 2. The lowest BCUT2D eigenvalue weighted by Gasteiger charge is -2.40. The molecule has 2 amide bonds.